The molecule has 1 aromatic carbocycles. The van der Waals surface area contributed by atoms with Crippen LogP contribution in [-0.2, 0) is 20.8 Å². The summed E-state index contributed by atoms with van der Waals surface area (Å²) in [6.45, 7) is 0. The third-order valence-electron chi connectivity index (χ3n) is 6.19. The van der Waals surface area contributed by atoms with E-state index in [-0.39, 0.29) is 36.8 Å². The van der Waals surface area contributed by atoms with Crippen LogP contribution >= 0.6 is 0 Å². The van der Waals surface area contributed by atoms with Crippen LogP contribution in [0.15, 0.2) is 29.2 Å². The number of rotatable bonds is 4. The first-order valence-electron chi connectivity index (χ1n) is 10.1. The van der Waals surface area contributed by atoms with Gasteiger partial charge in [-0.15, -0.1) is 0 Å². The molecule has 0 aliphatic heterocycles. The van der Waals surface area contributed by atoms with Gasteiger partial charge < -0.3 is 11.1 Å². The van der Waals surface area contributed by atoms with Gasteiger partial charge in [0.25, 0.3) is 0 Å². The molecular weight excluding hydrogens is 424 g/mol. The maximum Gasteiger partial charge on any atom is 0.416 e. The number of carbonyl (C=O) groups is 1. The first-order chi connectivity index (χ1) is 13.9. The lowest BCUT2D eigenvalue weighted by molar-refractivity contribution is -0.137. The van der Waals surface area contributed by atoms with E-state index in [0.717, 1.165) is 37.5 Å². The number of nitrogens with one attached hydrogen (secondary N) is 1. The summed E-state index contributed by atoms with van der Waals surface area (Å²) >= 11 is 0. The van der Waals surface area contributed by atoms with Crippen molar-refractivity contribution in [1.82, 2.24) is 5.32 Å². The average molecular weight is 450 g/mol. The summed E-state index contributed by atoms with van der Waals surface area (Å²) in [5, 5.41) is 0.181. The second-order valence-electron chi connectivity index (χ2n) is 8.25. The Morgan fingerprint density at radius 2 is 1.73 bits per heavy atom. The number of sulfone groups is 1. The molecule has 30 heavy (non-hydrogen) atoms. The molecule has 0 saturated heterocycles. The number of hydrogen-bond acceptors (Lipinski definition) is 4. The van der Waals surface area contributed by atoms with E-state index >= 15 is 4.39 Å². The van der Waals surface area contributed by atoms with E-state index < -0.39 is 44.3 Å². The zero-order valence-corrected chi connectivity index (χ0v) is 17.2. The minimum absolute atomic E-state index is 0.0857. The van der Waals surface area contributed by atoms with Gasteiger partial charge in [-0.1, -0.05) is 18.9 Å². The minimum Gasteiger partial charge on any atom is -0.353 e. The molecular formula is C20H26F4N2O3S. The second kappa shape index (κ2) is 8.45. The van der Waals surface area contributed by atoms with Crippen molar-refractivity contribution >= 4 is 15.7 Å². The van der Waals surface area contributed by atoms with Crippen LogP contribution in [0.3, 0.4) is 0 Å². The lowest BCUT2D eigenvalue weighted by Crippen LogP contribution is -2.49. The highest BCUT2D eigenvalue weighted by Gasteiger charge is 2.48. The summed E-state index contributed by atoms with van der Waals surface area (Å²) in [5.74, 6) is -0.496. The highest BCUT2D eigenvalue weighted by atomic mass is 32.2. The molecule has 10 heteroatoms. The molecule has 3 N–H and O–H groups in total. The molecule has 1 amide bonds. The fraction of sp³-hybridized carbons (Fsp3) is 0.650. The predicted molar refractivity (Wildman–Crippen MR) is 103 cm³/mol. The summed E-state index contributed by atoms with van der Waals surface area (Å²) in [5.41, 5.74) is 4.87. The van der Waals surface area contributed by atoms with Crippen LogP contribution in [0.4, 0.5) is 17.6 Å². The van der Waals surface area contributed by atoms with Crippen molar-refractivity contribution in [3.8, 4) is 0 Å². The zero-order chi connectivity index (χ0) is 22.2. The molecule has 0 spiro atoms. The summed E-state index contributed by atoms with van der Waals surface area (Å²) in [4.78, 5) is 11.8. The quantitative estimate of drug-likeness (QED) is 0.685. The standard InChI is InChI=1S/C20H26F4N2O3S/c21-19(30(28,29)15-5-3-4-13(12-15)20(22,23)24)10-8-14(9-11-19)26-18(27)16-6-1-2-7-17(16)25/h3-5,12,14,16-17H,1-2,6-11,25H2,(H,26,27). The Balaban J connectivity index is 1.67. The van der Waals surface area contributed by atoms with Crippen LogP contribution in [0.5, 0.6) is 0 Å². The SMILES string of the molecule is NC1CCCCC1C(=O)NC1CCC(F)(S(=O)(=O)c2cccc(C(F)(F)F)c2)CC1. The lowest BCUT2D eigenvalue weighted by Gasteiger charge is -2.35. The number of benzene rings is 1. The fourth-order valence-electron chi connectivity index (χ4n) is 4.31. The molecule has 0 radical (unpaired) electrons. The highest BCUT2D eigenvalue weighted by molar-refractivity contribution is 7.92. The van der Waals surface area contributed by atoms with Crippen LogP contribution in [0.2, 0.25) is 0 Å². The van der Waals surface area contributed by atoms with Gasteiger partial charge in [-0.2, -0.15) is 13.2 Å². The van der Waals surface area contributed by atoms with E-state index in [2.05, 4.69) is 5.32 Å². The maximum absolute atomic E-state index is 15.4. The molecule has 2 fully saturated rings. The number of halogens is 4. The Labute approximate surface area is 173 Å². The molecule has 3 rings (SSSR count). The highest BCUT2D eigenvalue weighted by Crippen LogP contribution is 2.41. The van der Waals surface area contributed by atoms with Crippen molar-refractivity contribution in [2.24, 2.45) is 11.7 Å². The first-order valence-corrected chi connectivity index (χ1v) is 11.6. The van der Waals surface area contributed by atoms with Gasteiger partial charge >= 0.3 is 6.18 Å². The van der Waals surface area contributed by atoms with E-state index in [9.17, 15) is 26.4 Å². The topological polar surface area (TPSA) is 89.3 Å². The molecule has 0 heterocycles. The lowest BCUT2D eigenvalue weighted by atomic mass is 9.84. The molecule has 0 bridgehead atoms. The van der Waals surface area contributed by atoms with Gasteiger partial charge in [0.2, 0.25) is 20.7 Å². The van der Waals surface area contributed by atoms with E-state index in [1.165, 1.54) is 0 Å². The molecule has 1 aromatic rings. The molecule has 2 aliphatic rings. The average Bonchev–Trinajstić information content (AvgIpc) is 2.69. The van der Waals surface area contributed by atoms with Crippen molar-refractivity contribution in [3.05, 3.63) is 29.8 Å². The minimum atomic E-state index is -4.73. The van der Waals surface area contributed by atoms with Gasteiger partial charge in [0, 0.05) is 12.1 Å². The van der Waals surface area contributed by atoms with E-state index in [0.29, 0.717) is 12.5 Å². The molecule has 2 atom stereocenters. The predicted octanol–water partition coefficient (Wildman–Crippen LogP) is 3.72. The third-order valence-corrected chi connectivity index (χ3v) is 8.43. The van der Waals surface area contributed by atoms with Crippen LogP contribution in [0.1, 0.15) is 56.9 Å². The Kier molecular flexibility index (Phi) is 6.48. The second-order valence-corrected chi connectivity index (χ2v) is 10.5. The molecule has 2 unspecified atom stereocenters. The Hall–Kier alpha value is -1.68. The van der Waals surface area contributed by atoms with E-state index in [1.54, 1.807) is 0 Å². The van der Waals surface area contributed by atoms with Crippen LogP contribution in [-0.4, -0.2) is 31.4 Å². The first kappa shape index (κ1) is 23.0. The third kappa shape index (κ3) is 4.64. The summed E-state index contributed by atoms with van der Waals surface area (Å²) in [6.07, 6.45) is -1.99. The van der Waals surface area contributed by atoms with Gasteiger partial charge in [-0.25, -0.2) is 12.8 Å². The largest absolute Gasteiger partial charge is 0.416 e. The van der Waals surface area contributed by atoms with Crippen LogP contribution in [0, 0.1) is 5.92 Å². The van der Waals surface area contributed by atoms with Crippen molar-refractivity contribution in [3.63, 3.8) is 0 Å². The van der Waals surface area contributed by atoms with Crippen molar-refractivity contribution in [2.45, 2.75) is 79.5 Å². The number of alkyl halides is 4. The summed E-state index contributed by atoms with van der Waals surface area (Å²) in [7, 11) is -4.62. The molecule has 2 saturated carbocycles. The smallest absolute Gasteiger partial charge is 0.353 e. The van der Waals surface area contributed by atoms with Gasteiger partial charge in [0.05, 0.1) is 16.4 Å². The molecule has 5 nitrogen and oxygen atoms in total. The van der Waals surface area contributed by atoms with Crippen molar-refractivity contribution < 1.29 is 30.8 Å². The fourth-order valence-corrected chi connectivity index (χ4v) is 6.04. The number of hydrogen-bond donors (Lipinski definition) is 2. The van der Waals surface area contributed by atoms with Gasteiger partial charge in [0.15, 0.2) is 0 Å². The van der Waals surface area contributed by atoms with Crippen molar-refractivity contribution in [1.29, 1.82) is 0 Å². The van der Waals surface area contributed by atoms with Crippen molar-refractivity contribution in [2.75, 3.05) is 0 Å². The monoisotopic (exact) mass is 450 g/mol. The Bertz CT molecular complexity index is 880. The maximum atomic E-state index is 15.4. The van der Waals surface area contributed by atoms with Crippen LogP contribution in [0.25, 0.3) is 0 Å². The van der Waals surface area contributed by atoms with E-state index in [1.807, 2.05) is 0 Å². The zero-order valence-electron chi connectivity index (χ0n) is 16.4. The van der Waals surface area contributed by atoms with Gasteiger partial charge in [-0.3, -0.25) is 4.79 Å². The summed E-state index contributed by atoms with van der Waals surface area (Å²) in [6, 6.07) is 2.54. The number of carbonyl (C=O) groups excluding carboxylic acids is 1. The number of amides is 1. The van der Waals surface area contributed by atoms with Crippen LogP contribution < -0.4 is 11.1 Å². The molecule has 168 valence electrons. The molecule has 2 aliphatic carbocycles. The summed E-state index contributed by atoms with van der Waals surface area (Å²) < 4.78 is 79.6. The Morgan fingerprint density at radius 3 is 2.33 bits per heavy atom. The Morgan fingerprint density at radius 1 is 1.10 bits per heavy atom. The van der Waals surface area contributed by atoms with E-state index in [4.69, 9.17) is 5.73 Å². The van der Waals surface area contributed by atoms with Gasteiger partial charge in [0.1, 0.15) is 0 Å². The van der Waals surface area contributed by atoms with Gasteiger partial charge in [-0.05, 0) is 56.7 Å². The molecule has 0 aromatic heterocycles. The normalized spacial score (nSPS) is 30.6. The number of nitrogens with two attached hydrogens (primary N) is 1.